The Morgan fingerprint density at radius 2 is 1.68 bits per heavy atom. The van der Waals surface area contributed by atoms with Gasteiger partial charge in [-0.25, -0.2) is 0 Å². The second-order valence-electron chi connectivity index (χ2n) is 8.68. The van der Waals surface area contributed by atoms with E-state index < -0.39 is 73.6 Å². The average Bonchev–Trinajstić information content (AvgIpc) is 3.01. The molecule has 0 aliphatic carbocycles. The van der Waals surface area contributed by atoms with Crippen LogP contribution in [0, 0.1) is 5.92 Å². The fraction of sp³-hybridized carbons (Fsp3) is 1.00. The van der Waals surface area contributed by atoms with Gasteiger partial charge in [0, 0.05) is 6.42 Å². The highest BCUT2D eigenvalue weighted by molar-refractivity contribution is 4.94. The van der Waals surface area contributed by atoms with Crippen LogP contribution in [0.5, 0.6) is 0 Å². The van der Waals surface area contributed by atoms with E-state index in [1.54, 1.807) is 13.8 Å². The molecule has 8 N–H and O–H groups in total. The van der Waals surface area contributed by atoms with Crippen LogP contribution in [0.3, 0.4) is 0 Å². The van der Waals surface area contributed by atoms with Gasteiger partial charge in [0.1, 0.15) is 36.1 Å². The SMILES string of the molecule is CC(C)[C@](O)(CCO[C@@H]1O[C@H](CO[C@H]2OC[C@](O)(CO)[C@H]2O)[C@@H](O)[C@H](O)[C@H]1O)[C@@H](C)O. The highest BCUT2D eigenvalue weighted by Gasteiger charge is 2.50. The second-order valence-corrected chi connectivity index (χ2v) is 8.68. The summed E-state index contributed by atoms with van der Waals surface area (Å²) in [5, 5.41) is 80.0. The lowest BCUT2D eigenvalue weighted by atomic mass is 9.83. The van der Waals surface area contributed by atoms with Crippen molar-refractivity contribution in [1.82, 2.24) is 0 Å². The van der Waals surface area contributed by atoms with Crippen LogP contribution in [-0.4, -0.2) is 128 Å². The molecule has 10 atom stereocenters. The van der Waals surface area contributed by atoms with Crippen molar-refractivity contribution < 1.29 is 59.8 Å². The van der Waals surface area contributed by atoms with Gasteiger partial charge in [-0.05, 0) is 12.8 Å². The second kappa shape index (κ2) is 10.6. The zero-order valence-electron chi connectivity index (χ0n) is 17.9. The highest BCUT2D eigenvalue weighted by Crippen LogP contribution is 2.29. The molecule has 0 unspecified atom stereocenters. The van der Waals surface area contributed by atoms with Crippen molar-refractivity contribution in [2.75, 3.05) is 26.4 Å². The third kappa shape index (κ3) is 5.72. The zero-order chi connectivity index (χ0) is 23.6. The van der Waals surface area contributed by atoms with Crippen LogP contribution >= 0.6 is 0 Å². The number of aliphatic hydroxyl groups excluding tert-OH is 6. The average molecular weight is 456 g/mol. The van der Waals surface area contributed by atoms with E-state index in [1.807, 2.05) is 0 Å². The van der Waals surface area contributed by atoms with Gasteiger partial charge in [-0.3, -0.25) is 0 Å². The maximum Gasteiger partial charge on any atom is 0.186 e. The van der Waals surface area contributed by atoms with Gasteiger partial charge in [0.25, 0.3) is 0 Å². The largest absolute Gasteiger partial charge is 0.393 e. The van der Waals surface area contributed by atoms with Gasteiger partial charge >= 0.3 is 0 Å². The third-order valence-electron chi connectivity index (χ3n) is 6.18. The minimum Gasteiger partial charge on any atom is -0.393 e. The van der Waals surface area contributed by atoms with E-state index in [-0.39, 0.29) is 25.6 Å². The molecule has 2 heterocycles. The molecule has 0 radical (unpaired) electrons. The van der Waals surface area contributed by atoms with Gasteiger partial charge in [-0.15, -0.1) is 0 Å². The third-order valence-corrected chi connectivity index (χ3v) is 6.18. The lowest BCUT2D eigenvalue weighted by molar-refractivity contribution is -0.311. The summed E-state index contributed by atoms with van der Waals surface area (Å²) in [7, 11) is 0. The predicted octanol–water partition coefficient (Wildman–Crippen LogP) is -3.57. The zero-order valence-corrected chi connectivity index (χ0v) is 17.9. The van der Waals surface area contributed by atoms with Crippen LogP contribution < -0.4 is 0 Å². The summed E-state index contributed by atoms with van der Waals surface area (Å²) >= 11 is 0. The fourth-order valence-corrected chi connectivity index (χ4v) is 3.63. The Bertz CT molecular complexity index is 552. The Balaban J connectivity index is 1.93. The van der Waals surface area contributed by atoms with Crippen LogP contribution in [0.4, 0.5) is 0 Å². The first-order valence-electron chi connectivity index (χ1n) is 10.3. The van der Waals surface area contributed by atoms with E-state index in [2.05, 4.69) is 0 Å². The standard InChI is InChI=1S/C19H36O12/c1-9(2)19(27,10(3)21)4-5-28-16-14(24)13(23)12(22)11(31-16)6-29-17-15(25)18(26,7-20)8-30-17/h9-17,20-27H,4-8H2,1-3H3/t10-,11-,12-,13+,14-,15+,16-,17+,18-,19-/m1/s1. The number of rotatable bonds is 10. The fourth-order valence-electron chi connectivity index (χ4n) is 3.63. The van der Waals surface area contributed by atoms with Crippen molar-refractivity contribution >= 4 is 0 Å². The minimum atomic E-state index is -1.88. The summed E-state index contributed by atoms with van der Waals surface area (Å²) < 4.78 is 21.4. The number of hydrogen-bond donors (Lipinski definition) is 8. The molecule has 12 heteroatoms. The molecule has 2 saturated heterocycles. The molecule has 0 aromatic heterocycles. The summed E-state index contributed by atoms with van der Waals surface area (Å²) in [4.78, 5) is 0. The number of aliphatic hydroxyl groups is 8. The molecule has 184 valence electrons. The van der Waals surface area contributed by atoms with E-state index in [1.165, 1.54) is 6.92 Å². The molecular formula is C19H36O12. The highest BCUT2D eigenvalue weighted by atomic mass is 16.7. The van der Waals surface area contributed by atoms with E-state index >= 15 is 0 Å². The van der Waals surface area contributed by atoms with E-state index in [0.29, 0.717) is 0 Å². The van der Waals surface area contributed by atoms with Crippen molar-refractivity contribution in [3.05, 3.63) is 0 Å². The molecule has 0 saturated carbocycles. The van der Waals surface area contributed by atoms with Crippen LogP contribution in [-0.2, 0) is 18.9 Å². The van der Waals surface area contributed by atoms with Gasteiger partial charge in [0.05, 0.1) is 38.1 Å². The monoisotopic (exact) mass is 456 g/mol. The quantitative estimate of drug-likeness (QED) is 0.161. The smallest absolute Gasteiger partial charge is 0.186 e. The molecule has 31 heavy (non-hydrogen) atoms. The molecule has 2 rings (SSSR count). The summed E-state index contributed by atoms with van der Waals surface area (Å²) in [5.74, 6) is -0.280. The van der Waals surface area contributed by atoms with Crippen molar-refractivity contribution in [1.29, 1.82) is 0 Å². The maximum atomic E-state index is 10.6. The van der Waals surface area contributed by atoms with Gasteiger partial charge in [-0.2, -0.15) is 0 Å². The van der Waals surface area contributed by atoms with Crippen LogP contribution in [0.2, 0.25) is 0 Å². The Labute approximate surface area is 180 Å². The van der Waals surface area contributed by atoms with Crippen molar-refractivity contribution in [3.63, 3.8) is 0 Å². The van der Waals surface area contributed by atoms with Gasteiger partial charge in [0.2, 0.25) is 0 Å². The predicted molar refractivity (Wildman–Crippen MR) is 102 cm³/mol. The summed E-state index contributed by atoms with van der Waals surface area (Å²) in [6, 6.07) is 0. The molecule has 0 spiro atoms. The number of ether oxygens (including phenoxy) is 4. The molecule has 0 bridgehead atoms. The van der Waals surface area contributed by atoms with Gasteiger partial charge in [0.15, 0.2) is 12.6 Å². The maximum absolute atomic E-state index is 10.6. The Kier molecular flexibility index (Phi) is 9.18. The van der Waals surface area contributed by atoms with Crippen LogP contribution in [0.25, 0.3) is 0 Å². The normalized spacial score (nSPS) is 42.0. The molecule has 2 fully saturated rings. The molecule has 0 amide bonds. The van der Waals surface area contributed by atoms with Gasteiger partial charge in [-0.1, -0.05) is 13.8 Å². The van der Waals surface area contributed by atoms with E-state index in [4.69, 9.17) is 24.1 Å². The molecule has 0 aromatic rings. The van der Waals surface area contributed by atoms with Crippen LogP contribution in [0.1, 0.15) is 27.2 Å². The van der Waals surface area contributed by atoms with Crippen molar-refractivity contribution in [3.8, 4) is 0 Å². The topological polar surface area (TPSA) is 199 Å². The first kappa shape index (κ1) is 26.8. The van der Waals surface area contributed by atoms with Crippen LogP contribution in [0.15, 0.2) is 0 Å². The Morgan fingerprint density at radius 1 is 1.03 bits per heavy atom. The molecule has 0 aromatic carbocycles. The summed E-state index contributed by atoms with van der Waals surface area (Å²) in [6.45, 7) is 3.32. The Hall–Kier alpha value is -0.480. The lowest BCUT2D eigenvalue weighted by Crippen LogP contribution is -2.60. The number of hydrogen-bond acceptors (Lipinski definition) is 12. The minimum absolute atomic E-state index is 0.0244. The molecular weight excluding hydrogens is 420 g/mol. The van der Waals surface area contributed by atoms with E-state index in [0.717, 1.165) is 0 Å². The Morgan fingerprint density at radius 3 is 2.19 bits per heavy atom. The molecule has 12 nitrogen and oxygen atoms in total. The summed E-state index contributed by atoms with van der Waals surface area (Å²) in [5.41, 5.74) is -3.31. The first-order chi connectivity index (χ1) is 14.4. The summed E-state index contributed by atoms with van der Waals surface area (Å²) in [6.07, 6.45) is -11.2. The van der Waals surface area contributed by atoms with Gasteiger partial charge < -0.3 is 59.8 Å². The molecule has 2 aliphatic heterocycles. The van der Waals surface area contributed by atoms with E-state index in [9.17, 15) is 35.7 Å². The van der Waals surface area contributed by atoms with Crippen molar-refractivity contribution in [2.24, 2.45) is 5.92 Å². The first-order valence-corrected chi connectivity index (χ1v) is 10.3. The lowest BCUT2D eigenvalue weighted by Gasteiger charge is -2.41. The van der Waals surface area contributed by atoms with Crippen molar-refractivity contribution in [2.45, 2.75) is 87.6 Å². The molecule has 2 aliphatic rings.